The Labute approximate surface area is 154 Å². The van der Waals surface area contributed by atoms with Crippen LogP contribution in [-0.2, 0) is 6.54 Å². The molecule has 1 heterocycles. The standard InChI is InChI=1S/C20H17FN2O2S/c1-23(13-14-6-4-7-15(21)12-14)20(25)16-8-2-3-9-17(16)22-19(24)18-10-5-11-26-18/h2-12H,13H2,1H3,(H,22,24). The molecule has 0 aliphatic carbocycles. The maximum Gasteiger partial charge on any atom is 0.265 e. The van der Waals surface area contributed by atoms with Gasteiger partial charge in [-0.15, -0.1) is 11.3 Å². The number of anilines is 1. The van der Waals surface area contributed by atoms with Crippen molar-refractivity contribution in [2.75, 3.05) is 12.4 Å². The Kier molecular flexibility index (Phi) is 5.43. The van der Waals surface area contributed by atoms with Gasteiger partial charge >= 0.3 is 0 Å². The largest absolute Gasteiger partial charge is 0.337 e. The van der Waals surface area contributed by atoms with Gasteiger partial charge in [0.25, 0.3) is 11.8 Å². The summed E-state index contributed by atoms with van der Waals surface area (Å²) >= 11 is 1.33. The fourth-order valence-electron chi connectivity index (χ4n) is 2.56. The van der Waals surface area contributed by atoms with Crippen molar-refractivity contribution < 1.29 is 14.0 Å². The minimum absolute atomic E-state index is 0.253. The summed E-state index contributed by atoms with van der Waals surface area (Å²) in [4.78, 5) is 27.1. The summed E-state index contributed by atoms with van der Waals surface area (Å²) in [6.45, 7) is 0.268. The highest BCUT2D eigenvalue weighted by molar-refractivity contribution is 7.12. The Hall–Kier alpha value is -2.99. The third kappa shape index (κ3) is 4.15. The van der Waals surface area contributed by atoms with Crippen molar-refractivity contribution >= 4 is 28.8 Å². The number of hydrogen-bond acceptors (Lipinski definition) is 3. The van der Waals surface area contributed by atoms with E-state index in [1.807, 2.05) is 5.38 Å². The van der Waals surface area contributed by atoms with Crippen LogP contribution in [0.25, 0.3) is 0 Å². The lowest BCUT2D eigenvalue weighted by Gasteiger charge is -2.19. The van der Waals surface area contributed by atoms with Gasteiger partial charge in [0, 0.05) is 13.6 Å². The molecule has 0 fully saturated rings. The van der Waals surface area contributed by atoms with E-state index in [1.54, 1.807) is 55.6 Å². The van der Waals surface area contributed by atoms with Crippen LogP contribution in [0.4, 0.5) is 10.1 Å². The minimum Gasteiger partial charge on any atom is -0.337 e. The number of benzene rings is 2. The average Bonchev–Trinajstić information content (AvgIpc) is 3.16. The molecule has 1 aromatic heterocycles. The first-order valence-corrected chi connectivity index (χ1v) is 8.86. The molecule has 4 nitrogen and oxygen atoms in total. The molecular weight excluding hydrogens is 351 g/mol. The van der Waals surface area contributed by atoms with E-state index < -0.39 is 0 Å². The Bertz CT molecular complexity index is 925. The van der Waals surface area contributed by atoms with Gasteiger partial charge in [0.2, 0.25) is 0 Å². The Morgan fingerprint density at radius 1 is 1.08 bits per heavy atom. The maximum atomic E-state index is 13.3. The van der Waals surface area contributed by atoms with E-state index in [0.29, 0.717) is 21.7 Å². The SMILES string of the molecule is CN(Cc1cccc(F)c1)C(=O)c1ccccc1NC(=O)c1cccs1. The van der Waals surface area contributed by atoms with Gasteiger partial charge in [0.05, 0.1) is 16.1 Å². The quantitative estimate of drug-likeness (QED) is 0.725. The molecule has 1 N–H and O–H groups in total. The van der Waals surface area contributed by atoms with Crippen molar-refractivity contribution in [3.05, 3.63) is 87.9 Å². The molecule has 0 saturated carbocycles. The van der Waals surface area contributed by atoms with E-state index in [0.717, 1.165) is 0 Å². The van der Waals surface area contributed by atoms with Gasteiger partial charge in [0.1, 0.15) is 5.82 Å². The molecule has 0 saturated heterocycles. The van der Waals surface area contributed by atoms with Crippen LogP contribution in [0.2, 0.25) is 0 Å². The first-order valence-electron chi connectivity index (χ1n) is 7.98. The van der Waals surface area contributed by atoms with E-state index in [4.69, 9.17) is 0 Å². The molecule has 0 atom stereocenters. The van der Waals surface area contributed by atoms with E-state index in [9.17, 15) is 14.0 Å². The second kappa shape index (κ2) is 7.93. The first kappa shape index (κ1) is 17.8. The molecule has 2 aromatic carbocycles. The Morgan fingerprint density at radius 2 is 1.88 bits per heavy atom. The number of carbonyl (C=O) groups excluding carboxylic acids is 2. The highest BCUT2D eigenvalue weighted by Crippen LogP contribution is 2.20. The molecule has 0 unspecified atom stereocenters. The second-order valence-electron chi connectivity index (χ2n) is 5.77. The molecule has 26 heavy (non-hydrogen) atoms. The smallest absolute Gasteiger partial charge is 0.265 e. The van der Waals surface area contributed by atoms with Crippen LogP contribution in [0.5, 0.6) is 0 Å². The van der Waals surface area contributed by atoms with E-state index in [-0.39, 0.29) is 24.2 Å². The van der Waals surface area contributed by atoms with Gasteiger partial charge < -0.3 is 10.2 Å². The summed E-state index contributed by atoms with van der Waals surface area (Å²) in [5.41, 5.74) is 1.53. The fourth-order valence-corrected chi connectivity index (χ4v) is 3.18. The Morgan fingerprint density at radius 3 is 2.62 bits per heavy atom. The number of rotatable bonds is 5. The predicted molar refractivity (Wildman–Crippen MR) is 101 cm³/mol. The number of thiophene rings is 1. The van der Waals surface area contributed by atoms with Gasteiger partial charge in [-0.1, -0.05) is 30.3 Å². The van der Waals surface area contributed by atoms with Gasteiger partial charge in [0.15, 0.2) is 0 Å². The molecule has 3 rings (SSSR count). The zero-order valence-corrected chi connectivity index (χ0v) is 14.9. The topological polar surface area (TPSA) is 49.4 Å². The number of nitrogens with one attached hydrogen (secondary N) is 1. The zero-order valence-electron chi connectivity index (χ0n) is 14.1. The van der Waals surface area contributed by atoms with Gasteiger partial charge in [-0.3, -0.25) is 9.59 Å². The van der Waals surface area contributed by atoms with Crippen LogP contribution in [0.1, 0.15) is 25.6 Å². The molecule has 0 aliphatic rings. The number of halogens is 1. The summed E-state index contributed by atoms with van der Waals surface area (Å²) in [7, 11) is 1.64. The number of para-hydroxylation sites is 1. The van der Waals surface area contributed by atoms with Crippen molar-refractivity contribution in [1.29, 1.82) is 0 Å². The minimum atomic E-state index is -0.341. The van der Waals surface area contributed by atoms with Crippen LogP contribution in [0.15, 0.2) is 66.0 Å². The van der Waals surface area contributed by atoms with Gasteiger partial charge in [-0.2, -0.15) is 0 Å². The number of amides is 2. The number of hydrogen-bond donors (Lipinski definition) is 1. The fraction of sp³-hybridized carbons (Fsp3) is 0.100. The third-order valence-electron chi connectivity index (χ3n) is 3.81. The molecule has 132 valence electrons. The van der Waals surface area contributed by atoms with Crippen molar-refractivity contribution in [2.24, 2.45) is 0 Å². The molecule has 3 aromatic rings. The lowest BCUT2D eigenvalue weighted by Crippen LogP contribution is -2.27. The Balaban J connectivity index is 1.77. The lowest BCUT2D eigenvalue weighted by atomic mass is 10.1. The summed E-state index contributed by atoms with van der Waals surface area (Å²) in [6, 6.07) is 16.5. The molecular formula is C20H17FN2O2S. The lowest BCUT2D eigenvalue weighted by molar-refractivity contribution is 0.0786. The van der Waals surface area contributed by atoms with Crippen LogP contribution in [-0.4, -0.2) is 23.8 Å². The number of carbonyl (C=O) groups is 2. The highest BCUT2D eigenvalue weighted by atomic mass is 32.1. The van der Waals surface area contributed by atoms with Crippen LogP contribution >= 0.6 is 11.3 Å². The first-order chi connectivity index (χ1) is 12.5. The van der Waals surface area contributed by atoms with Crippen molar-refractivity contribution in [3.8, 4) is 0 Å². The van der Waals surface area contributed by atoms with Crippen molar-refractivity contribution in [1.82, 2.24) is 4.90 Å². The molecule has 0 radical (unpaired) electrons. The molecule has 0 aliphatic heterocycles. The van der Waals surface area contributed by atoms with Crippen LogP contribution < -0.4 is 5.32 Å². The van der Waals surface area contributed by atoms with Crippen molar-refractivity contribution in [3.63, 3.8) is 0 Å². The van der Waals surface area contributed by atoms with Crippen LogP contribution in [0, 0.1) is 5.82 Å². The molecule has 0 bridgehead atoms. The van der Waals surface area contributed by atoms with E-state index >= 15 is 0 Å². The van der Waals surface area contributed by atoms with Gasteiger partial charge in [-0.25, -0.2) is 4.39 Å². The second-order valence-corrected chi connectivity index (χ2v) is 6.72. The van der Waals surface area contributed by atoms with Crippen LogP contribution in [0.3, 0.4) is 0 Å². The summed E-state index contributed by atoms with van der Waals surface area (Å²) in [5.74, 6) is -0.851. The monoisotopic (exact) mass is 368 g/mol. The third-order valence-corrected chi connectivity index (χ3v) is 4.67. The summed E-state index contributed by atoms with van der Waals surface area (Å²) in [6.07, 6.45) is 0. The van der Waals surface area contributed by atoms with Crippen molar-refractivity contribution in [2.45, 2.75) is 6.54 Å². The van der Waals surface area contributed by atoms with Gasteiger partial charge in [-0.05, 0) is 41.3 Å². The summed E-state index contributed by atoms with van der Waals surface area (Å²) < 4.78 is 13.3. The average molecular weight is 368 g/mol. The maximum absolute atomic E-state index is 13.3. The number of nitrogens with zero attached hydrogens (tertiary/aromatic N) is 1. The summed E-state index contributed by atoms with van der Waals surface area (Å²) in [5, 5.41) is 4.60. The van der Waals surface area contributed by atoms with E-state index in [2.05, 4.69) is 5.32 Å². The normalized spacial score (nSPS) is 10.4. The molecule has 2 amide bonds. The zero-order chi connectivity index (χ0) is 18.5. The molecule has 6 heteroatoms. The molecule has 0 spiro atoms. The highest BCUT2D eigenvalue weighted by Gasteiger charge is 2.18. The predicted octanol–water partition coefficient (Wildman–Crippen LogP) is 4.41. The van der Waals surface area contributed by atoms with E-state index in [1.165, 1.54) is 28.4 Å².